The summed E-state index contributed by atoms with van der Waals surface area (Å²) in [7, 11) is 1.76. The SMILES string of the molecule is CNC(CSc1ccccc1C)c1cccc(F)c1F. The smallest absolute Gasteiger partial charge is 0.163 e. The van der Waals surface area contributed by atoms with Crippen LogP contribution in [0.2, 0.25) is 0 Å². The van der Waals surface area contributed by atoms with Crippen molar-refractivity contribution < 1.29 is 8.78 Å². The van der Waals surface area contributed by atoms with Gasteiger partial charge in [0.2, 0.25) is 0 Å². The van der Waals surface area contributed by atoms with Crippen molar-refractivity contribution in [1.29, 1.82) is 0 Å². The quantitative estimate of drug-likeness (QED) is 0.824. The number of aryl methyl sites for hydroxylation is 1. The van der Waals surface area contributed by atoms with Crippen LogP contribution in [0.5, 0.6) is 0 Å². The molecule has 20 heavy (non-hydrogen) atoms. The molecule has 1 unspecified atom stereocenters. The summed E-state index contributed by atoms with van der Waals surface area (Å²) in [6, 6.07) is 12.1. The molecule has 0 spiro atoms. The molecule has 1 N–H and O–H groups in total. The maximum Gasteiger partial charge on any atom is 0.163 e. The van der Waals surface area contributed by atoms with Crippen LogP contribution < -0.4 is 5.32 Å². The van der Waals surface area contributed by atoms with Gasteiger partial charge in [-0.05, 0) is 31.7 Å². The summed E-state index contributed by atoms with van der Waals surface area (Å²) < 4.78 is 27.1. The molecular formula is C16H17F2NS. The molecule has 1 nitrogen and oxygen atoms in total. The summed E-state index contributed by atoms with van der Waals surface area (Å²) in [6.45, 7) is 2.04. The third kappa shape index (κ3) is 3.38. The topological polar surface area (TPSA) is 12.0 Å². The Hall–Kier alpha value is -1.39. The summed E-state index contributed by atoms with van der Waals surface area (Å²) in [5.41, 5.74) is 1.56. The predicted molar refractivity (Wildman–Crippen MR) is 80.1 cm³/mol. The molecular weight excluding hydrogens is 276 g/mol. The Labute approximate surface area is 122 Å². The van der Waals surface area contributed by atoms with Gasteiger partial charge in [0.05, 0.1) is 0 Å². The highest BCUT2D eigenvalue weighted by molar-refractivity contribution is 7.99. The molecule has 0 aliphatic rings. The van der Waals surface area contributed by atoms with Crippen molar-refractivity contribution in [1.82, 2.24) is 5.32 Å². The molecule has 1 atom stereocenters. The molecule has 0 aliphatic carbocycles. The fraction of sp³-hybridized carbons (Fsp3) is 0.250. The van der Waals surface area contributed by atoms with Gasteiger partial charge in [-0.1, -0.05) is 30.3 Å². The lowest BCUT2D eigenvalue weighted by atomic mass is 10.1. The first-order valence-electron chi connectivity index (χ1n) is 6.43. The van der Waals surface area contributed by atoms with Gasteiger partial charge in [0.25, 0.3) is 0 Å². The second kappa shape index (κ2) is 6.86. The van der Waals surface area contributed by atoms with Crippen LogP contribution in [0.1, 0.15) is 17.2 Å². The van der Waals surface area contributed by atoms with Gasteiger partial charge in [0, 0.05) is 22.3 Å². The predicted octanol–water partition coefficient (Wildman–Crippen LogP) is 4.33. The Morgan fingerprint density at radius 3 is 2.55 bits per heavy atom. The van der Waals surface area contributed by atoms with E-state index in [1.807, 2.05) is 31.2 Å². The van der Waals surface area contributed by atoms with E-state index in [0.717, 1.165) is 11.0 Å². The number of rotatable bonds is 5. The van der Waals surface area contributed by atoms with E-state index in [1.54, 1.807) is 24.9 Å². The number of halogens is 2. The average molecular weight is 293 g/mol. The van der Waals surface area contributed by atoms with E-state index >= 15 is 0 Å². The third-order valence-electron chi connectivity index (χ3n) is 3.20. The highest BCUT2D eigenvalue weighted by Gasteiger charge is 2.17. The van der Waals surface area contributed by atoms with Gasteiger partial charge >= 0.3 is 0 Å². The highest BCUT2D eigenvalue weighted by atomic mass is 32.2. The first kappa shape index (κ1) is 15.0. The van der Waals surface area contributed by atoms with Crippen LogP contribution in [0.15, 0.2) is 47.4 Å². The van der Waals surface area contributed by atoms with Crippen LogP contribution in [-0.2, 0) is 0 Å². The first-order chi connectivity index (χ1) is 9.63. The van der Waals surface area contributed by atoms with Crippen LogP contribution in [0.3, 0.4) is 0 Å². The Morgan fingerprint density at radius 2 is 1.85 bits per heavy atom. The summed E-state index contributed by atoms with van der Waals surface area (Å²) in [5, 5.41) is 3.05. The summed E-state index contributed by atoms with van der Waals surface area (Å²) in [5.74, 6) is -0.928. The van der Waals surface area contributed by atoms with Gasteiger partial charge in [-0.3, -0.25) is 0 Å². The van der Waals surface area contributed by atoms with Crippen molar-refractivity contribution in [2.75, 3.05) is 12.8 Å². The van der Waals surface area contributed by atoms with Gasteiger partial charge in [0.1, 0.15) is 0 Å². The number of thioether (sulfide) groups is 1. The van der Waals surface area contributed by atoms with Crippen molar-refractivity contribution in [2.45, 2.75) is 17.9 Å². The molecule has 0 radical (unpaired) electrons. The monoisotopic (exact) mass is 293 g/mol. The maximum atomic E-state index is 13.8. The van der Waals surface area contributed by atoms with E-state index < -0.39 is 11.6 Å². The molecule has 4 heteroatoms. The fourth-order valence-corrected chi connectivity index (χ4v) is 3.17. The second-order valence-electron chi connectivity index (χ2n) is 4.56. The van der Waals surface area contributed by atoms with Crippen molar-refractivity contribution >= 4 is 11.8 Å². The Kier molecular flexibility index (Phi) is 5.15. The first-order valence-corrected chi connectivity index (χ1v) is 7.41. The van der Waals surface area contributed by atoms with Crippen LogP contribution in [0, 0.1) is 18.6 Å². The van der Waals surface area contributed by atoms with Crippen molar-refractivity contribution in [3.05, 3.63) is 65.2 Å². The third-order valence-corrected chi connectivity index (χ3v) is 4.47. The van der Waals surface area contributed by atoms with E-state index in [2.05, 4.69) is 5.32 Å². The molecule has 2 aromatic carbocycles. The number of benzene rings is 2. The van der Waals surface area contributed by atoms with E-state index in [-0.39, 0.29) is 6.04 Å². The lowest BCUT2D eigenvalue weighted by molar-refractivity contribution is 0.483. The summed E-state index contributed by atoms with van der Waals surface area (Å²) in [4.78, 5) is 1.16. The molecule has 2 rings (SSSR count). The van der Waals surface area contributed by atoms with Gasteiger partial charge in [-0.2, -0.15) is 0 Å². The van der Waals surface area contributed by atoms with E-state index in [4.69, 9.17) is 0 Å². The van der Waals surface area contributed by atoms with E-state index in [9.17, 15) is 8.78 Å². The lowest BCUT2D eigenvalue weighted by Crippen LogP contribution is -2.20. The van der Waals surface area contributed by atoms with Crippen molar-refractivity contribution in [2.24, 2.45) is 0 Å². The molecule has 0 aromatic heterocycles. The summed E-state index contributed by atoms with van der Waals surface area (Å²) >= 11 is 1.64. The van der Waals surface area contributed by atoms with Crippen LogP contribution in [-0.4, -0.2) is 12.8 Å². The molecule has 0 bridgehead atoms. The minimum atomic E-state index is -0.802. The van der Waals surface area contributed by atoms with Crippen LogP contribution in [0.25, 0.3) is 0 Å². The molecule has 2 aromatic rings. The molecule has 0 saturated carbocycles. The minimum Gasteiger partial charge on any atom is -0.312 e. The Balaban J connectivity index is 2.14. The van der Waals surface area contributed by atoms with E-state index in [0.29, 0.717) is 11.3 Å². The van der Waals surface area contributed by atoms with Gasteiger partial charge in [-0.25, -0.2) is 8.78 Å². The molecule has 0 heterocycles. The molecule has 0 aliphatic heterocycles. The lowest BCUT2D eigenvalue weighted by Gasteiger charge is -2.17. The molecule has 106 valence electrons. The number of nitrogens with one attached hydrogen (secondary N) is 1. The Bertz CT molecular complexity index is 586. The fourth-order valence-electron chi connectivity index (χ4n) is 2.01. The zero-order chi connectivity index (χ0) is 14.5. The average Bonchev–Trinajstić information content (AvgIpc) is 2.45. The van der Waals surface area contributed by atoms with Gasteiger partial charge in [-0.15, -0.1) is 11.8 Å². The van der Waals surface area contributed by atoms with Gasteiger partial charge < -0.3 is 5.32 Å². The largest absolute Gasteiger partial charge is 0.312 e. The second-order valence-corrected chi connectivity index (χ2v) is 5.62. The molecule has 0 saturated heterocycles. The zero-order valence-corrected chi connectivity index (χ0v) is 12.3. The van der Waals surface area contributed by atoms with Gasteiger partial charge in [0.15, 0.2) is 11.6 Å². The maximum absolute atomic E-state index is 13.8. The van der Waals surface area contributed by atoms with Crippen molar-refractivity contribution in [3.63, 3.8) is 0 Å². The summed E-state index contributed by atoms with van der Waals surface area (Å²) in [6.07, 6.45) is 0. The van der Waals surface area contributed by atoms with Crippen LogP contribution in [0.4, 0.5) is 8.78 Å². The van der Waals surface area contributed by atoms with E-state index in [1.165, 1.54) is 11.6 Å². The molecule has 0 amide bonds. The number of hydrogen-bond donors (Lipinski definition) is 1. The Morgan fingerprint density at radius 1 is 1.10 bits per heavy atom. The normalized spacial score (nSPS) is 12.4. The zero-order valence-electron chi connectivity index (χ0n) is 11.5. The highest BCUT2D eigenvalue weighted by Crippen LogP contribution is 2.28. The minimum absolute atomic E-state index is 0.227. The molecule has 0 fully saturated rings. The standard InChI is InChI=1S/C16H17F2NS/c1-11-6-3-4-9-15(11)20-10-14(19-2)12-7-5-8-13(17)16(12)18/h3-9,14,19H,10H2,1-2H3. The number of hydrogen-bond acceptors (Lipinski definition) is 2. The van der Waals surface area contributed by atoms with Crippen LogP contribution >= 0.6 is 11.8 Å². The van der Waals surface area contributed by atoms with Crippen molar-refractivity contribution in [3.8, 4) is 0 Å².